The first-order valence-electron chi connectivity index (χ1n) is 9.22. The highest BCUT2D eigenvalue weighted by Crippen LogP contribution is 2.23. The maximum absolute atomic E-state index is 12.9. The minimum absolute atomic E-state index is 0.0945. The van der Waals surface area contributed by atoms with Crippen molar-refractivity contribution in [1.29, 1.82) is 0 Å². The molecule has 1 aromatic carbocycles. The number of hydrogen-bond donors (Lipinski definition) is 1. The minimum Gasteiger partial charge on any atom is -0.337 e. The van der Waals surface area contributed by atoms with E-state index in [1.165, 1.54) is 16.7 Å². The quantitative estimate of drug-likeness (QED) is 0.337. The van der Waals surface area contributed by atoms with Gasteiger partial charge in [-0.25, -0.2) is 4.98 Å². The smallest absolute Gasteiger partial charge is 0.251 e. The van der Waals surface area contributed by atoms with Crippen LogP contribution in [0.25, 0.3) is 0 Å². The Kier molecular flexibility index (Phi) is 6.30. The average Bonchev–Trinajstić information content (AvgIpc) is 3.17. The SMILES string of the molecule is CC(C)c1ccc(N2C(=O)[C@H](C=NCCCn3ccnc3)C(=O)NC2=S)cc1. The molecule has 0 radical (unpaired) electrons. The molecule has 1 fully saturated rings. The van der Waals surface area contributed by atoms with Gasteiger partial charge in [-0.1, -0.05) is 26.0 Å². The number of nitrogens with zero attached hydrogens (tertiary/aromatic N) is 4. The Morgan fingerprint density at radius 2 is 2.04 bits per heavy atom. The van der Waals surface area contributed by atoms with Crippen molar-refractivity contribution in [3.05, 3.63) is 48.5 Å². The van der Waals surface area contributed by atoms with E-state index in [4.69, 9.17) is 12.2 Å². The average molecular weight is 398 g/mol. The number of rotatable bonds is 7. The molecule has 8 heteroatoms. The molecule has 1 N–H and O–H groups in total. The molecule has 1 saturated heterocycles. The molecule has 2 aromatic rings. The number of aromatic nitrogens is 2. The van der Waals surface area contributed by atoms with Crippen LogP contribution >= 0.6 is 12.2 Å². The van der Waals surface area contributed by atoms with E-state index in [9.17, 15) is 9.59 Å². The van der Waals surface area contributed by atoms with Crippen LogP contribution in [-0.4, -0.2) is 39.2 Å². The van der Waals surface area contributed by atoms with Crippen LogP contribution < -0.4 is 10.2 Å². The topological polar surface area (TPSA) is 79.6 Å². The standard InChI is InChI=1S/C20H23N5O2S/c1-14(2)15-4-6-16(7-5-15)25-19(27)17(18(26)23-20(25)28)12-21-8-3-10-24-11-9-22-13-24/h4-7,9,11-14,17H,3,8,10H2,1-2H3,(H,23,26,28)/t17-/m1/s1. The molecule has 1 aromatic heterocycles. The van der Waals surface area contributed by atoms with Crippen molar-refractivity contribution in [2.75, 3.05) is 11.4 Å². The predicted molar refractivity (Wildman–Crippen MR) is 112 cm³/mol. The molecule has 0 unspecified atom stereocenters. The van der Waals surface area contributed by atoms with Crippen molar-refractivity contribution in [2.24, 2.45) is 10.9 Å². The monoisotopic (exact) mass is 397 g/mol. The Morgan fingerprint density at radius 3 is 2.68 bits per heavy atom. The van der Waals surface area contributed by atoms with E-state index in [2.05, 4.69) is 29.1 Å². The molecule has 0 saturated carbocycles. The highest BCUT2D eigenvalue weighted by Gasteiger charge is 2.38. The highest BCUT2D eigenvalue weighted by atomic mass is 32.1. The summed E-state index contributed by atoms with van der Waals surface area (Å²) in [7, 11) is 0. The van der Waals surface area contributed by atoms with Crippen LogP contribution in [0.5, 0.6) is 0 Å². The lowest BCUT2D eigenvalue weighted by Gasteiger charge is -2.31. The van der Waals surface area contributed by atoms with Gasteiger partial charge in [0, 0.05) is 31.7 Å². The van der Waals surface area contributed by atoms with Gasteiger partial charge in [-0.15, -0.1) is 0 Å². The van der Waals surface area contributed by atoms with Crippen LogP contribution in [0.4, 0.5) is 5.69 Å². The molecular formula is C20H23N5O2S. The number of hydrogen-bond acceptors (Lipinski definition) is 5. The second-order valence-electron chi connectivity index (χ2n) is 6.90. The summed E-state index contributed by atoms with van der Waals surface area (Å²) in [5, 5.41) is 2.70. The fraction of sp³-hybridized carbons (Fsp3) is 0.350. The summed E-state index contributed by atoms with van der Waals surface area (Å²) >= 11 is 5.22. The third kappa shape index (κ3) is 4.51. The van der Waals surface area contributed by atoms with E-state index in [1.807, 2.05) is 35.0 Å². The first kappa shape index (κ1) is 19.9. The van der Waals surface area contributed by atoms with Gasteiger partial charge in [-0.3, -0.25) is 19.5 Å². The second kappa shape index (κ2) is 8.88. The summed E-state index contributed by atoms with van der Waals surface area (Å²) in [6.07, 6.45) is 7.55. The number of anilines is 1. The van der Waals surface area contributed by atoms with Gasteiger partial charge in [0.15, 0.2) is 11.0 Å². The molecule has 2 amide bonds. The maximum Gasteiger partial charge on any atom is 0.251 e. The summed E-state index contributed by atoms with van der Waals surface area (Å²) in [5.41, 5.74) is 1.80. The van der Waals surface area contributed by atoms with E-state index in [1.54, 1.807) is 12.5 Å². The van der Waals surface area contributed by atoms with Gasteiger partial charge in [-0.2, -0.15) is 0 Å². The number of nitrogens with one attached hydrogen (secondary N) is 1. The molecule has 3 rings (SSSR count). The fourth-order valence-corrected chi connectivity index (χ4v) is 3.21. The summed E-state index contributed by atoms with van der Waals surface area (Å²) < 4.78 is 1.95. The van der Waals surface area contributed by atoms with Gasteiger partial charge in [0.25, 0.3) is 5.91 Å². The minimum atomic E-state index is -0.982. The second-order valence-corrected chi connectivity index (χ2v) is 7.29. The fourth-order valence-electron chi connectivity index (χ4n) is 2.92. The number of amides is 2. The third-order valence-electron chi connectivity index (χ3n) is 4.54. The third-order valence-corrected chi connectivity index (χ3v) is 4.82. The van der Waals surface area contributed by atoms with E-state index >= 15 is 0 Å². The Bertz CT molecular complexity index is 875. The summed E-state index contributed by atoms with van der Waals surface area (Å²) in [4.78, 5) is 34.7. The molecule has 0 bridgehead atoms. The number of carbonyl (C=O) groups is 2. The number of aliphatic imine (C=N–C) groups is 1. The van der Waals surface area contributed by atoms with Gasteiger partial charge in [0.1, 0.15) is 0 Å². The zero-order valence-corrected chi connectivity index (χ0v) is 16.7. The molecule has 1 aliphatic rings. The number of thiocarbonyl (C=S) groups is 1. The van der Waals surface area contributed by atoms with Crippen LogP contribution in [0, 0.1) is 5.92 Å². The lowest BCUT2D eigenvalue weighted by molar-refractivity contribution is -0.130. The van der Waals surface area contributed by atoms with Crippen LogP contribution in [0.2, 0.25) is 0 Å². The number of imidazole rings is 1. The van der Waals surface area contributed by atoms with Crippen molar-refractivity contribution >= 4 is 41.0 Å². The lowest BCUT2D eigenvalue weighted by atomic mass is 10.0. The largest absolute Gasteiger partial charge is 0.337 e. The molecule has 1 atom stereocenters. The van der Waals surface area contributed by atoms with Crippen LogP contribution in [-0.2, 0) is 16.1 Å². The number of carbonyl (C=O) groups excluding carboxylic acids is 2. The predicted octanol–water partition coefficient (Wildman–Crippen LogP) is 2.53. The van der Waals surface area contributed by atoms with E-state index in [-0.39, 0.29) is 11.0 Å². The van der Waals surface area contributed by atoms with E-state index in [0.29, 0.717) is 18.2 Å². The van der Waals surface area contributed by atoms with Crippen LogP contribution in [0.1, 0.15) is 31.7 Å². The van der Waals surface area contributed by atoms with Crippen molar-refractivity contribution in [2.45, 2.75) is 32.7 Å². The van der Waals surface area contributed by atoms with Crippen molar-refractivity contribution in [3.63, 3.8) is 0 Å². The summed E-state index contributed by atoms with van der Waals surface area (Å²) in [6, 6.07) is 7.61. The Labute approximate surface area is 169 Å². The zero-order valence-electron chi connectivity index (χ0n) is 15.9. The van der Waals surface area contributed by atoms with Crippen molar-refractivity contribution < 1.29 is 9.59 Å². The normalized spacial score (nSPS) is 17.6. The Balaban J connectivity index is 1.66. The van der Waals surface area contributed by atoms with Crippen molar-refractivity contribution in [3.8, 4) is 0 Å². The molecule has 1 aliphatic heterocycles. The first-order valence-corrected chi connectivity index (χ1v) is 9.62. The lowest BCUT2D eigenvalue weighted by Crippen LogP contribution is -2.58. The summed E-state index contributed by atoms with van der Waals surface area (Å²) in [5.74, 6) is -1.42. The maximum atomic E-state index is 12.9. The van der Waals surface area contributed by atoms with Gasteiger partial charge < -0.3 is 9.88 Å². The van der Waals surface area contributed by atoms with Gasteiger partial charge in [0.05, 0.1) is 12.0 Å². The van der Waals surface area contributed by atoms with Gasteiger partial charge >= 0.3 is 0 Å². The molecule has 146 valence electrons. The van der Waals surface area contributed by atoms with E-state index < -0.39 is 11.8 Å². The Hall–Kier alpha value is -2.87. The highest BCUT2D eigenvalue weighted by molar-refractivity contribution is 7.80. The molecular weight excluding hydrogens is 374 g/mol. The zero-order chi connectivity index (χ0) is 20.1. The van der Waals surface area contributed by atoms with Crippen LogP contribution in [0.15, 0.2) is 48.0 Å². The molecule has 2 heterocycles. The molecule has 28 heavy (non-hydrogen) atoms. The molecule has 0 aliphatic carbocycles. The number of benzene rings is 1. The van der Waals surface area contributed by atoms with Crippen molar-refractivity contribution in [1.82, 2.24) is 14.9 Å². The molecule has 7 nitrogen and oxygen atoms in total. The Morgan fingerprint density at radius 1 is 1.29 bits per heavy atom. The molecule has 0 spiro atoms. The van der Waals surface area contributed by atoms with Gasteiger partial charge in [-0.05, 0) is 42.3 Å². The number of aryl methyl sites for hydroxylation is 1. The summed E-state index contributed by atoms with van der Waals surface area (Å²) in [6.45, 7) is 5.50. The van der Waals surface area contributed by atoms with Crippen LogP contribution in [0.3, 0.4) is 0 Å². The van der Waals surface area contributed by atoms with E-state index in [0.717, 1.165) is 13.0 Å². The first-order chi connectivity index (χ1) is 13.5. The van der Waals surface area contributed by atoms with Gasteiger partial charge in [0.2, 0.25) is 5.91 Å².